The van der Waals surface area contributed by atoms with Gasteiger partial charge in [-0.2, -0.15) is 0 Å². The van der Waals surface area contributed by atoms with Gasteiger partial charge in [0, 0.05) is 17.0 Å². The molecule has 1 atom stereocenters. The molecule has 1 amide bonds. The van der Waals surface area contributed by atoms with Crippen molar-refractivity contribution in [1.29, 1.82) is 0 Å². The van der Waals surface area contributed by atoms with E-state index in [9.17, 15) is 9.59 Å². The number of hydrogen-bond acceptors (Lipinski definition) is 5. The highest BCUT2D eigenvalue weighted by Gasteiger charge is 2.38. The first-order valence-corrected chi connectivity index (χ1v) is 12.4. The Kier molecular flexibility index (Phi) is 8.52. The third kappa shape index (κ3) is 6.89. The van der Waals surface area contributed by atoms with Gasteiger partial charge in [-0.1, -0.05) is 23.7 Å². The maximum absolute atomic E-state index is 12.5. The summed E-state index contributed by atoms with van der Waals surface area (Å²) in [5.74, 6) is 0.350. The second kappa shape index (κ2) is 11.0. The molecule has 184 valence electrons. The molecule has 1 N–H and O–H groups in total. The zero-order chi connectivity index (χ0) is 24.9. The second-order valence-electron chi connectivity index (χ2n) is 9.60. The first-order valence-electron chi connectivity index (χ1n) is 11.3. The fourth-order valence-corrected chi connectivity index (χ4v) is 4.89. The Morgan fingerprint density at radius 1 is 1.18 bits per heavy atom. The van der Waals surface area contributed by atoms with Crippen LogP contribution in [0, 0.1) is 0 Å². The minimum atomic E-state index is -0.585. The van der Waals surface area contributed by atoms with E-state index in [1.165, 1.54) is 12.7 Å². The van der Waals surface area contributed by atoms with Gasteiger partial charge in [0.1, 0.15) is 11.4 Å². The Labute approximate surface area is 214 Å². The Morgan fingerprint density at radius 3 is 2.62 bits per heavy atom. The third-order valence-electron chi connectivity index (χ3n) is 5.79. The molecule has 0 aromatic heterocycles. The smallest absolute Gasteiger partial charge is 0.407 e. The molecule has 0 bridgehead atoms. The van der Waals surface area contributed by atoms with Crippen LogP contribution >= 0.6 is 27.5 Å². The van der Waals surface area contributed by atoms with Gasteiger partial charge in [-0.15, -0.1) is 0 Å². The van der Waals surface area contributed by atoms with E-state index in [1.54, 1.807) is 0 Å². The van der Waals surface area contributed by atoms with Gasteiger partial charge in [-0.25, -0.2) is 4.79 Å². The van der Waals surface area contributed by atoms with Crippen molar-refractivity contribution >= 4 is 39.6 Å². The van der Waals surface area contributed by atoms with E-state index in [1.807, 2.05) is 51.1 Å². The summed E-state index contributed by atoms with van der Waals surface area (Å²) in [4.78, 5) is 24.0. The Hall–Kier alpha value is -2.25. The molecule has 1 aliphatic carbocycles. The number of hydrogen-bond donors (Lipinski definition) is 1. The predicted molar refractivity (Wildman–Crippen MR) is 136 cm³/mol. The summed E-state index contributed by atoms with van der Waals surface area (Å²) >= 11 is 9.92. The van der Waals surface area contributed by atoms with Crippen molar-refractivity contribution in [1.82, 2.24) is 5.32 Å². The third-order valence-corrected chi connectivity index (χ3v) is 6.65. The first kappa shape index (κ1) is 26.4. The summed E-state index contributed by atoms with van der Waals surface area (Å²) in [6.45, 7) is 6.20. The van der Waals surface area contributed by atoms with Crippen LogP contribution in [0.25, 0.3) is 0 Å². The summed E-state index contributed by atoms with van der Waals surface area (Å²) in [6, 6.07) is 11.5. The van der Waals surface area contributed by atoms with Crippen LogP contribution < -0.4 is 10.1 Å². The van der Waals surface area contributed by atoms with E-state index >= 15 is 0 Å². The predicted octanol–water partition coefficient (Wildman–Crippen LogP) is 6.00. The number of carbonyl (C=O) groups is 2. The van der Waals surface area contributed by atoms with Crippen LogP contribution in [0.15, 0.2) is 40.9 Å². The number of benzene rings is 2. The van der Waals surface area contributed by atoms with Crippen LogP contribution in [-0.2, 0) is 32.5 Å². The maximum atomic E-state index is 12.5. The average molecular weight is 553 g/mol. The molecule has 2 aromatic carbocycles. The number of carbonyl (C=O) groups excluding carboxylic acids is 2. The molecule has 0 radical (unpaired) electrons. The van der Waals surface area contributed by atoms with Gasteiger partial charge >= 0.3 is 12.1 Å². The number of methoxy groups -OCH3 is 1. The number of fused-ring (bicyclic) bond motifs is 1. The monoisotopic (exact) mass is 551 g/mol. The average Bonchev–Trinajstić information content (AvgIpc) is 2.76. The lowest BCUT2D eigenvalue weighted by Gasteiger charge is -2.39. The molecule has 1 aliphatic rings. The Morgan fingerprint density at radius 2 is 1.94 bits per heavy atom. The maximum Gasteiger partial charge on any atom is 0.407 e. The number of halogens is 2. The summed E-state index contributed by atoms with van der Waals surface area (Å²) in [7, 11) is 1.37. The molecule has 1 unspecified atom stereocenters. The van der Waals surface area contributed by atoms with Crippen LogP contribution in [0.3, 0.4) is 0 Å². The van der Waals surface area contributed by atoms with Crippen molar-refractivity contribution in [3.05, 3.63) is 62.6 Å². The molecule has 0 fully saturated rings. The lowest BCUT2D eigenvalue weighted by Crippen LogP contribution is -2.48. The molecule has 3 rings (SSSR count). The molecular weight excluding hydrogens is 522 g/mol. The van der Waals surface area contributed by atoms with Gasteiger partial charge < -0.3 is 19.5 Å². The molecule has 0 aliphatic heterocycles. The minimum Gasteiger partial charge on any atom is -0.491 e. The summed E-state index contributed by atoms with van der Waals surface area (Å²) in [6.07, 6.45) is 2.47. The van der Waals surface area contributed by atoms with E-state index in [4.69, 9.17) is 25.8 Å². The van der Waals surface area contributed by atoms with Crippen LogP contribution in [-0.4, -0.2) is 37.9 Å². The summed E-state index contributed by atoms with van der Waals surface area (Å²) in [5, 5.41) is 3.60. The van der Waals surface area contributed by atoms with Crippen molar-refractivity contribution in [2.24, 2.45) is 0 Å². The van der Waals surface area contributed by atoms with Crippen LogP contribution in [0.4, 0.5) is 4.79 Å². The van der Waals surface area contributed by atoms with E-state index in [0.717, 1.165) is 34.9 Å². The van der Waals surface area contributed by atoms with Crippen molar-refractivity contribution in [3.63, 3.8) is 0 Å². The topological polar surface area (TPSA) is 73.9 Å². The van der Waals surface area contributed by atoms with Crippen molar-refractivity contribution < 1.29 is 23.8 Å². The van der Waals surface area contributed by atoms with Crippen LogP contribution in [0.5, 0.6) is 5.75 Å². The minimum absolute atomic E-state index is 0.186. The fraction of sp³-hybridized carbons (Fsp3) is 0.462. The van der Waals surface area contributed by atoms with Gasteiger partial charge in [-0.3, -0.25) is 4.79 Å². The number of esters is 1. The van der Waals surface area contributed by atoms with Crippen molar-refractivity contribution in [2.45, 2.75) is 57.5 Å². The van der Waals surface area contributed by atoms with Crippen molar-refractivity contribution in [2.75, 3.05) is 20.3 Å². The van der Waals surface area contributed by atoms with Gasteiger partial charge in [0.05, 0.1) is 24.6 Å². The lowest BCUT2D eigenvalue weighted by atomic mass is 9.70. The van der Waals surface area contributed by atoms with E-state index in [-0.39, 0.29) is 12.4 Å². The van der Waals surface area contributed by atoms with E-state index < -0.39 is 17.1 Å². The zero-order valence-electron chi connectivity index (χ0n) is 20.0. The first-order chi connectivity index (χ1) is 16.0. The van der Waals surface area contributed by atoms with Crippen molar-refractivity contribution in [3.8, 4) is 5.75 Å². The number of aryl methyl sites for hydroxylation is 1. The molecule has 6 nitrogen and oxygen atoms in total. The number of ether oxygens (including phenoxy) is 3. The van der Waals surface area contributed by atoms with E-state index in [2.05, 4.69) is 27.3 Å². The summed E-state index contributed by atoms with van der Waals surface area (Å²) < 4.78 is 17.2. The quantitative estimate of drug-likeness (QED) is 0.427. The number of rotatable bonds is 7. The van der Waals surface area contributed by atoms with Gasteiger partial charge in [0.15, 0.2) is 0 Å². The van der Waals surface area contributed by atoms with Gasteiger partial charge in [0.2, 0.25) is 0 Å². The number of nitrogens with one attached hydrogen (secondary N) is 1. The van der Waals surface area contributed by atoms with Gasteiger partial charge in [-0.05, 0) is 96.9 Å². The number of alkyl carbamates (subject to hydrolysis) is 1. The molecule has 8 heteroatoms. The lowest BCUT2D eigenvalue weighted by molar-refractivity contribution is -0.139. The van der Waals surface area contributed by atoms with Crippen LogP contribution in [0.1, 0.15) is 50.3 Å². The Balaban J connectivity index is 1.84. The molecule has 34 heavy (non-hydrogen) atoms. The molecule has 2 aromatic rings. The molecule has 0 heterocycles. The highest BCUT2D eigenvalue weighted by atomic mass is 79.9. The second-order valence-corrected chi connectivity index (χ2v) is 10.9. The molecule has 0 spiro atoms. The molecular formula is C26H31BrClNO5. The fourth-order valence-electron chi connectivity index (χ4n) is 4.18. The molecule has 0 saturated carbocycles. The molecule has 0 saturated heterocycles. The largest absolute Gasteiger partial charge is 0.491 e. The highest BCUT2D eigenvalue weighted by Crippen LogP contribution is 2.40. The Bertz CT molecular complexity index is 1050. The highest BCUT2D eigenvalue weighted by molar-refractivity contribution is 9.10. The SMILES string of the molecule is COC(=O)Cc1ccc(OCC2(CNC(=O)OC(C)(C)C)CCCc3ccc(Cl)cc32)c(Br)c1. The number of amides is 1. The normalized spacial score (nSPS) is 17.5. The van der Waals surface area contributed by atoms with Crippen LogP contribution in [0.2, 0.25) is 5.02 Å². The van der Waals surface area contributed by atoms with Gasteiger partial charge in [0.25, 0.3) is 0 Å². The summed E-state index contributed by atoms with van der Waals surface area (Å²) in [5.41, 5.74) is 2.05. The van der Waals surface area contributed by atoms with E-state index in [0.29, 0.717) is 23.9 Å². The standard InChI is InChI=1S/C26H31BrClNO5/c1-25(2,3)34-24(31)29-15-26(11-5-6-18-8-9-19(28)14-20(18)26)16-33-22-10-7-17(12-21(22)27)13-23(30)32-4/h7-10,12,14H,5-6,11,13,15-16H2,1-4H3,(H,29,31). The zero-order valence-corrected chi connectivity index (χ0v) is 22.3.